The summed E-state index contributed by atoms with van der Waals surface area (Å²) in [6, 6.07) is 9.62. The van der Waals surface area contributed by atoms with Gasteiger partial charge in [-0.1, -0.05) is 52.5 Å². The second kappa shape index (κ2) is 10.5. The van der Waals surface area contributed by atoms with Crippen molar-refractivity contribution in [2.24, 2.45) is 5.92 Å². The average molecular weight is 628 g/mol. The number of halogens is 6. The molecule has 0 aromatic heterocycles. The molecule has 0 spiro atoms. The fraction of sp³-hybridized carbons (Fsp3) is 0.375. The van der Waals surface area contributed by atoms with Gasteiger partial charge in [0, 0.05) is 36.6 Å². The van der Waals surface area contributed by atoms with Crippen molar-refractivity contribution in [3.05, 3.63) is 63.1 Å². The minimum atomic E-state index is -1.65. The highest BCUT2D eigenvalue weighted by Gasteiger charge is 2.67. The molecule has 1 aliphatic heterocycles. The molecule has 2 atom stereocenters. The number of amides is 3. The van der Waals surface area contributed by atoms with Gasteiger partial charge in [-0.15, -0.1) is 23.2 Å². The number of ether oxygens (including phenoxy) is 1. The quantitative estimate of drug-likeness (QED) is 0.357. The minimum absolute atomic E-state index is 0.149. The van der Waals surface area contributed by atoms with Gasteiger partial charge in [0.1, 0.15) is 4.33 Å². The third kappa shape index (κ3) is 6.52. The lowest BCUT2D eigenvalue weighted by atomic mass is 10.1. The highest BCUT2D eigenvalue weighted by molar-refractivity contribution is 6.53. The van der Waals surface area contributed by atoms with Crippen LogP contribution in [0, 0.1) is 12.8 Å². The molecule has 1 heterocycles. The Bertz CT molecular complexity index is 1240. The molecular weight excluding hydrogens is 607 g/mol. The number of carbonyl (C=O) groups excluding carboxylic acids is 3. The summed E-state index contributed by atoms with van der Waals surface area (Å²) >= 11 is 36.7. The zero-order valence-corrected chi connectivity index (χ0v) is 24.0. The Hall–Kier alpha value is -1.61. The van der Waals surface area contributed by atoms with Crippen LogP contribution in [0.3, 0.4) is 0 Å². The topological polar surface area (TPSA) is 87.7 Å². The van der Waals surface area contributed by atoms with E-state index in [1.54, 1.807) is 18.2 Å². The predicted octanol–water partition coefficient (Wildman–Crippen LogP) is 6.53. The molecule has 2 fully saturated rings. The second-order valence-electron chi connectivity index (χ2n) is 9.13. The summed E-state index contributed by atoms with van der Waals surface area (Å²) in [6.07, 6.45) is -0.693. The molecule has 2 aliphatic rings. The first-order valence-corrected chi connectivity index (χ1v) is 13.3. The zero-order chi connectivity index (χ0) is 27.3. The van der Waals surface area contributed by atoms with E-state index in [1.807, 2.05) is 13.0 Å². The second-order valence-corrected chi connectivity index (χ2v) is 13.1. The molecule has 0 bridgehead atoms. The van der Waals surface area contributed by atoms with Crippen molar-refractivity contribution in [3.63, 3.8) is 0 Å². The summed E-state index contributed by atoms with van der Waals surface area (Å²) in [6.45, 7) is 3.63. The number of hydrogen-bond donors (Lipinski definition) is 2. The van der Waals surface area contributed by atoms with E-state index < -0.39 is 38.6 Å². The lowest BCUT2D eigenvalue weighted by molar-refractivity contribution is -0.117. The number of benzene rings is 2. The molecule has 2 unspecified atom stereocenters. The molecule has 3 amide bonds. The number of carbonyl (C=O) groups is 3. The molecule has 2 aromatic carbocycles. The molecule has 1 saturated heterocycles. The molecule has 13 heteroatoms. The number of nitrogens with zero attached hydrogens (tertiary/aromatic N) is 1. The van der Waals surface area contributed by atoms with E-state index in [0.717, 1.165) is 11.1 Å². The standard InChI is InChI=1S/C24H21Cl6N3O4/c1-11-5-12(7-13(25)6-11)18-19(24(18,29)30)21(35)31-14-3-4-17(26)16(8-14)20(34)32-15-9-33(10-15)22(36)37-23(2,27)28/h3-8,15,18-19H,9-10H2,1-2H3,(H,31,35)(H,32,34). The number of rotatable bonds is 6. The Morgan fingerprint density at radius 1 is 1.08 bits per heavy atom. The molecule has 2 aromatic rings. The summed E-state index contributed by atoms with van der Waals surface area (Å²) < 4.78 is 1.91. The van der Waals surface area contributed by atoms with Crippen molar-refractivity contribution in [1.29, 1.82) is 0 Å². The number of anilines is 1. The largest absolute Gasteiger partial charge is 0.413 e. The Morgan fingerprint density at radius 3 is 2.38 bits per heavy atom. The first kappa shape index (κ1) is 28.4. The molecule has 0 radical (unpaired) electrons. The zero-order valence-electron chi connectivity index (χ0n) is 19.5. The minimum Gasteiger partial charge on any atom is -0.413 e. The van der Waals surface area contributed by atoms with Gasteiger partial charge in [-0.05, 0) is 48.4 Å². The summed E-state index contributed by atoms with van der Waals surface area (Å²) in [5.41, 5.74) is 2.19. The highest BCUT2D eigenvalue weighted by atomic mass is 35.5. The summed E-state index contributed by atoms with van der Waals surface area (Å²) in [4.78, 5) is 39.1. The predicted molar refractivity (Wildman–Crippen MR) is 146 cm³/mol. The van der Waals surface area contributed by atoms with Crippen LogP contribution in [0.5, 0.6) is 0 Å². The van der Waals surface area contributed by atoms with Crippen LogP contribution in [0.1, 0.15) is 34.3 Å². The van der Waals surface area contributed by atoms with Crippen LogP contribution in [0.2, 0.25) is 10.0 Å². The molecule has 4 rings (SSSR count). The van der Waals surface area contributed by atoms with Gasteiger partial charge in [-0.3, -0.25) is 9.59 Å². The van der Waals surface area contributed by atoms with Gasteiger partial charge in [-0.25, -0.2) is 4.79 Å². The highest BCUT2D eigenvalue weighted by Crippen LogP contribution is 2.65. The van der Waals surface area contributed by atoms with Crippen molar-refractivity contribution in [3.8, 4) is 0 Å². The SMILES string of the molecule is Cc1cc(Cl)cc(C2C(C(=O)Nc3ccc(Cl)c(C(=O)NC4CN(C(=O)OC(C)(Cl)Cl)C4)c3)C2(Cl)Cl)c1. The summed E-state index contributed by atoms with van der Waals surface area (Å²) in [5, 5.41) is 6.26. The van der Waals surface area contributed by atoms with Crippen LogP contribution in [-0.2, 0) is 9.53 Å². The van der Waals surface area contributed by atoms with Crippen LogP contribution >= 0.6 is 69.6 Å². The van der Waals surface area contributed by atoms with Crippen LogP contribution in [0.25, 0.3) is 0 Å². The molecular formula is C24H21Cl6N3O4. The summed E-state index contributed by atoms with van der Waals surface area (Å²) in [7, 11) is 0. The third-order valence-corrected chi connectivity index (χ3v) is 7.62. The number of aryl methyl sites for hydroxylation is 1. The van der Waals surface area contributed by atoms with Crippen LogP contribution in [-0.4, -0.2) is 50.8 Å². The lowest BCUT2D eigenvalue weighted by Crippen LogP contribution is -2.61. The van der Waals surface area contributed by atoms with Crippen molar-refractivity contribution in [2.45, 2.75) is 34.7 Å². The molecule has 198 valence electrons. The number of hydrogen-bond acceptors (Lipinski definition) is 4. The fourth-order valence-corrected chi connectivity index (χ4v) is 5.67. The van der Waals surface area contributed by atoms with Gasteiger partial charge in [-0.2, -0.15) is 0 Å². The van der Waals surface area contributed by atoms with E-state index in [4.69, 9.17) is 74.3 Å². The van der Waals surface area contributed by atoms with Crippen LogP contribution in [0.15, 0.2) is 36.4 Å². The van der Waals surface area contributed by atoms with Crippen LogP contribution in [0.4, 0.5) is 10.5 Å². The first-order chi connectivity index (χ1) is 17.2. The third-order valence-electron chi connectivity index (χ3n) is 5.98. The molecule has 37 heavy (non-hydrogen) atoms. The Kier molecular flexibility index (Phi) is 8.07. The molecule has 1 saturated carbocycles. The number of likely N-dealkylation sites (tertiary alicyclic amines) is 1. The monoisotopic (exact) mass is 625 g/mol. The smallest absolute Gasteiger partial charge is 0.412 e. The van der Waals surface area contributed by atoms with E-state index in [-0.39, 0.29) is 29.7 Å². The Balaban J connectivity index is 1.38. The normalized spacial score (nSPS) is 20.6. The van der Waals surface area contributed by atoms with Gasteiger partial charge in [0.2, 0.25) is 5.91 Å². The summed E-state index contributed by atoms with van der Waals surface area (Å²) in [5.74, 6) is -2.03. The Morgan fingerprint density at radius 2 is 1.76 bits per heavy atom. The van der Waals surface area contributed by atoms with E-state index in [2.05, 4.69) is 10.6 Å². The molecule has 1 aliphatic carbocycles. The van der Waals surface area contributed by atoms with Gasteiger partial charge in [0.05, 0.1) is 22.5 Å². The number of nitrogens with one attached hydrogen (secondary N) is 2. The van der Waals surface area contributed by atoms with Gasteiger partial charge in [0.25, 0.3) is 10.4 Å². The van der Waals surface area contributed by atoms with E-state index >= 15 is 0 Å². The lowest BCUT2D eigenvalue weighted by Gasteiger charge is -2.39. The number of alkyl halides is 4. The first-order valence-electron chi connectivity index (χ1n) is 11.1. The van der Waals surface area contributed by atoms with Crippen molar-refractivity contribution >= 4 is 93.2 Å². The van der Waals surface area contributed by atoms with Crippen molar-refractivity contribution in [1.82, 2.24) is 10.2 Å². The van der Waals surface area contributed by atoms with Gasteiger partial charge in [0.15, 0.2) is 0 Å². The maximum atomic E-state index is 13.0. The fourth-order valence-electron chi connectivity index (χ4n) is 4.21. The van der Waals surface area contributed by atoms with E-state index in [0.29, 0.717) is 10.7 Å². The van der Waals surface area contributed by atoms with Gasteiger partial charge < -0.3 is 20.3 Å². The Labute approximate surface area is 243 Å². The van der Waals surface area contributed by atoms with Crippen LogP contribution < -0.4 is 10.6 Å². The molecule has 2 N–H and O–H groups in total. The maximum Gasteiger partial charge on any atom is 0.412 e. The average Bonchev–Trinajstić information content (AvgIpc) is 3.31. The molecule has 7 nitrogen and oxygen atoms in total. The van der Waals surface area contributed by atoms with Crippen molar-refractivity contribution in [2.75, 3.05) is 18.4 Å². The van der Waals surface area contributed by atoms with Crippen molar-refractivity contribution < 1.29 is 19.1 Å². The maximum absolute atomic E-state index is 13.0. The van der Waals surface area contributed by atoms with E-state index in [9.17, 15) is 14.4 Å². The van der Waals surface area contributed by atoms with E-state index in [1.165, 1.54) is 24.0 Å². The van der Waals surface area contributed by atoms with Gasteiger partial charge >= 0.3 is 6.09 Å².